The highest BCUT2D eigenvalue weighted by Gasteiger charge is 2.32. The van der Waals surface area contributed by atoms with Crippen molar-refractivity contribution in [1.82, 2.24) is 15.5 Å². The van der Waals surface area contributed by atoms with Crippen LogP contribution in [0.4, 0.5) is 0 Å². The Bertz CT molecular complexity index is 311. The fourth-order valence-electron chi connectivity index (χ4n) is 3.47. The number of carbonyl (C=O) groups excluding carboxylic acids is 1. The maximum atomic E-state index is 12.1. The number of nitrogens with zero attached hydrogens (tertiary/aromatic N) is 1. The average molecular weight is 297 g/mol. The van der Waals surface area contributed by atoms with Crippen LogP contribution in [0.3, 0.4) is 0 Å². The van der Waals surface area contributed by atoms with Gasteiger partial charge in [0.1, 0.15) is 0 Å². The first-order valence-electron chi connectivity index (χ1n) is 8.50. The molecule has 2 aliphatic rings. The Hall–Kier alpha value is -0.650. The zero-order valence-corrected chi connectivity index (χ0v) is 13.5. The highest BCUT2D eigenvalue weighted by atomic mass is 16.5. The molecule has 1 saturated carbocycles. The molecule has 0 aromatic heterocycles. The fraction of sp³-hybridized carbons (Fsp3) is 0.938. The number of rotatable bonds is 7. The molecule has 1 heterocycles. The summed E-state index contributed by atoms with van der Waals surface area (Å²) in [6, 6.07) is 0. The van der Waals surface area contributed by atoms with E-state index in [1.165, 1.54) is 19.3 Å². The molecule has 1 amide bonds. The summed E-state index contributed by atoms with van der Waals surface area (Å²) in [5, 5.41) is 6.50. The SMILES string of the molecule is CNC1(CC(=O)NCCCN2CCOCC2)CCCCC1. The van der Waals surface area contributed by atoms with E-state index in [2.05, 4.69) is 15.5 Å². The van der Waals surface area contributed by atoms with E-state index in [9.17, 15) is 4.79 Å². The average Bonchev–Trinajstić information content (AvgIpc) is 2.53. The molecule has 1 saturated heterocycles. The molecular formula is C16H31N3O2. The fourth-order valence-corrected chi connectivity index (χ4v) is 3.47. The molecule has 1 aliphatic carbocycles. The molecule has 2 rings (SSSR count). The molecular weight excluding hydrogens is 266 g/mol. The van der Waals surface area contributed by atoms with E-state index < -0.39 is 0 Å². The summed E-state index contributed by atoms with van der Waals surface area (Å²) in [6.07, 6.45) is 7.70. The second-order valence-corrected chi connectivity index (χ2v) is 6.43. The van der Waals surface area contributed by atoms with Crippen molar-refractivity contribution in [1.29, 1.82) is 0 Å². The summed E-state index contributed by atoms with van der Waals surface area (Å²) in [5.74, 6) is 0.202. The highest BCUT2D eigenvalue weighted by Crippen LogP contribution is 2.30. The van der Waals surface area contributed by atoms with Gasteiger partial charge in [0.2, 0.25) is 5.91 Å². The maximum absolute atomic E-state index is 12.1. The second-order valence-electron chi connectivity index (χ2n) is 6.43. The Morgan fingerprint density at radius 2 is 1.90 bits per heavy atom. The lowest BCUT2D eigenvalue weighted by molar-refractivity contribution is -0.122. The minimum Gasteiger partial charge on any atom is -0.379 e. The zero-order valence-electron chi connectivity index (χ0n) is 13.5. The lowest BCUT2D eigenvalue weighted by atomic mass is 9.79. The van der Waals surface area contributed by atoms with Gasteiger partial charge in [0, 0.05) is 31.6 Å². The summed E-state index contributed by atoms with van der Waals surface area (Å²) in [5.41, 5.74) is 0.0482. The van der Waals surface area contributed by atoms with E-state index in [4.69, 9.17) is 4.74 Å². The number of hydrogen-bond acceptors (Lipinski definition) is 4. The van der Waals surface area contributed by atoms with Crippen LogP contribution in [0.5, 0.6) is 0 Å². The third kappa shape index (κ3) is 5.57. The molecule has 21 heavy (non-hydrogen) atoms. The van der Waals surface area contributed by atoms with Gasteiger partial charge in [0.15, 0.2) is 0 Å². The third-order valence-corrected chi connectivity index (χ3v) is 4.92. The predicted octanol–water partition coefficient (Wildman–Crippen LogP) is 1.14. The van der Waals surface area contributed by atoms with Crippen molar-refractivity contribution in [2.75, 3.05) is 46.4 Å². The number of nitrogens with one attached hydrogen (secondary N) is 2. The summed E-state index contributed by atoms with van der Waals surface area (Å²) < 4.78 is 5.33. The summed E-state index contributed by atoms with van der Waals surface area (Å²) in [4.78, 5) is 14.6. The number of morpholine rings is 1. The molecule has 2 N–H and O–H groups in total. The molecule has 5 heteroatoms. The Morgan fingerprint density at radius 3 is 2.57 bits per heavy atom. The minimum atomic E-state index is 0.0482. The lowest BCUT2D eigenvalue weighted by Crippen LogP contribution is -2.48. The Morgan fingerprint density at radius 1 is 1.19 bits per heavy atom. The molecule has 0 atom stereocenters. The molecule has 0 unspecified atom stereocenters. The van der Waals surface area contributed by atoms with Crippen molar-refractivity contribution in [3.8, 4) is 0 Å². The van der Waals surface area contributed by atoms with E-state index in [1.807, 2.05) is 7.05 Å². The summed E-state index contributed by atoms with van der Waals surface area (Å²) in [7, 11) is 2.00. The summed E-state index contributed by atoms with van der Waals surface area (Å²) in [6.45, 7) is 5.58. The second kappa shape index (κ2) is 8.71. The van der Waals surface area contributed by atoms with E-state index in [1.54, 1.807) is 0 Å². The minimum absolute atomic E-state index is 0.0482. The highest BCUT2D eigenvalue weighted by molar-refractivity contribution is 5.77. The molecule has 0 aromatic rings. The first-order valence-corrected chi connectivity index (χ1v) is 8.50. The normalized spacial score (nSPS) is 22.9. The van der Waals surface area contributed by atoms with Gasteiger partial charge < -0.3 is 15.4 Å². The van der Waals surface area contributed by atoms with Gasteiger partial charge in [-0.1, -0.05) is 19.3 Å². The number of ether oxygens (including phenoxy) is 1. The van der Waals surface area contributed by atoms with Gasteiger partial charge in [-0.3, -0.25) is 9.69 Å². The van der Waals surface area contributed by atoms with Gasteiger partial charge in [-0.2, -0.15) is 0 Å². The van der Waals surface area contributed by atoms with Gasteiger partial charge in [0.25, 0.3) is 0 Å². The van der Waals surface area contributed by atoms with Crippen molar-refractivity contribution < 1.29 is 9.53 Å². The number of hydrogen-bond donors (Lipinski definition) is 2. The first kappa shape index (κ1) is 16.7. The topological polar surface area (TPSA) is 53.6 Å². The smallest absolute Gasteiger partial charge is 0.221 e. The third-order valence-electron chi connectivity index (χ3n) is 4.92. The molecule has 1 aliphatic heterocycles. The maximum Gasteiger partial charge on any atom is 0.221 e. The van der Waals surface area contributed by atoms with Crippen LogP contribution in [0.1, 0.15) is 44.9 Å². The molecule has 0 spiro atoms. The van der Waals surface area contributed by atoms with Crippen LogP contribution >= 0.6 is 0 Å². The van der Waals surface area contributed by atoms with Gasteiger partial charge in [-0.25, -0.2) is 0 Å². The molecule has 0 radical (unpaired) electrons. The van der Waals surface area contributed by atoms with Crippen molar-refractivity contribution in [3.05, 3.63) is 0 Å². The van der Waals surface area contributed by atoms with Gasteiger partial charge in [-0.05, 0) is 32.9 Å². The molecule has 122 valence electrons. The van der Waals surface area contributed by atoms with Crippen molar-refractivity contribution >= 4 is 5.91 Å². The van der Waals surface area contributed by atoms with Crippen LogP contribution in [0.25, 0.3) is 0 Å². The Balaban J connectivity index is 1.60. The van der Waals surface area contributed by atoms with Crippen LogP contribution in [-0.2, 0) is 9.53 Å². The van der Waals surface area contributed by atoms with Crippen LogP contribution in [0.15, 0.2) is 0 Å². The number of amides is 1. The quantitative estimate of drug-likeness (QED) is 0.692. The Kier molecular flexibility index (Phi) is 6.93. The Labute approximate surface area is 128 Å². The van der Waals surface area contributed by atoms with Crippen molar-refractivity contribution in [2.45, 2.75) is 50.5 Å². The van der Waals surface area contributed by atoms with Gasteiger partial charge >= 0.3 is 0 Å². The predicted molar refractivity (Wildman–Crippen MR) is 84.4 cm³/mol. The molecule has 5 nitrogen and oxygen atoms in total. The molecule has 2 fully saturated rings. The first-order chi connectivity index (χ1) is 10.2. The molecule has 0 aromatic carbocycles. The van der Waals surface area contributed by atoms with E-state index in [-0.39, 0.29) is 11.4 Å². The van der Waals surface area contributed by atoms with E-state index >= 15 is 0 Å². The van der Waals surface area contributed by atoms with Gasteiger partial charge in [-0.15, -0.1) is 0 Å². The number of carbonyl (C=O) groups is 1. The van der Waals surface area contributed by atoms with Crippen LogP contribution in [-0.4, -0.2) is 62.8 Å². The zero-order chi connectivity index (χ0) is 15.0. The van der Waals surface area contributed by atoms with E-state index in [0.717, 1.165) is 58.7 Å². The van der Waals surface area contributed by atoms with Crippen LogP contribution in [0, 0.1) is 0 Å². The van der Waals surface area contributed by atoms with Crippen molar-refractivity contribution in [2.24, 2.45) is 0 Å². The van der Waals surface area contributed by atoms with Crippen molar-refractivity contribution in [3.63, 3.8) is 0 Å². The van der Waals surface area contributed by atoms with Crippen LogP contribution in [0.2, 0.25) is 0 Å². The van der Waals surface area contributed by atoms with E-state index in [0.29, 0.717) is 6.42 Å². The molecule has 0 bridgehead atoms. The standard InChI is InChI=1S/C16H31N3O2/c1-17-16(6-3-2-4-7-16)14-15(20)18-8-5-9-19-10-12-21-13-11-19/h17H,2-14H2,1H3,(H,18,20). The lowest BCUT2D eigenvalue weighted by Gasteiger charge is -2.36. The summed E-state index contributed by atoms with van der Waals surface area (Å²) >= 11 is 0. The van der Waals surface area contributed by atoms with Crippen LogP contribution < -0.4 is 10.6 Å². The monoisotopic (exact) mass is 297 g/mol. The largest absolute Gasteiger partial charge is 0.379 e. The van der Waals surface area contributed by atoms with Gasteiger partial charge in [0.05, 0.1) is 13.2 Å².